The summed E-state index contributed by atoms with van der Waals surface area (Å²) in [6, 6.07) is 25.1. The fourth-order valence-corrected chi connectivity index (χ4v) is 2.54. The van der Waals surface area contributed by atoms with Crippen molar-refractivity contribution in [1.29, 1.82) is 5.26 Å². The first-order chi connectivity index (χ1) is 11.3. The van der Waals surface area contributed by atoms with Gasteiger partial charge in [-0.25, -0.2) is 0 Å². The van der Waals surface area contributed by atoms with E-state index < -0.39 is 0 Å². The smallest absolute Gasteiger partial charge is 0.100 e. The van der Waals surface area contributed by atoms with Crippen LogP contribution in [-0.2, 0) is 0 Å². The van der Waals surface area contributed by atoms with E-state index in [4.69, 9.17) is 11.6 Å². The first kappa shape index (κ1) is 15.0. The third-order valence-electron chi connectivity index (χ3n) is 3.48. The average molecular weight is 317 g/mol. The second-order valence-electron chi connectivity index (χ2n) is 4.95. The van der Waals surface area contributed by atoms with Gasteiger partial charge < -0.3 is 0 Å². The zero-order valence-electron chi connectivity index (χ0n) is 12.3. The Kier molecular flexibility index (Phi) is 4.52. The number of allylic oxidation sites excluding steroid dienone is 1. The molecule has 0 saturated heterocycles. The molecule has 3 heteroatoms. The van der Waals surface area contributed by atoms with Crippen LogP contribution in [0.15, 0.2) is 79.0 Å². The van der Waals surface area contributed by atoms with Gasteiger partial charge in [-0.1, -0.05) is 60.1 Å². The molecule has 0 fully saturated rings. The number of aromatic nitrogens is 1. The Morgan fingerprint density at radius 1 is 0.826 bits per heavy atom. The van der Waals surface area contributed by atoms with Gasteiger partial charge in [0.05, 0.1) is 11.3 Å². The van der Waals surface area contributed by atoms with Crippen LogP contribution in [0.25, 0.3) is 11.1 Å². The van der Waals surface area contributed by atoms with E-state index in [0.717, 1.165) is 22.4 Å². The first-order valence-electron chi connectivity index (χ1n) is 7.17. The summed E-state index contributed by atoms with van der Waals surface area (Å²) in [4.78, 5) is 4.43. The van der Waals surface area contributed by atoms with Gasteiger partial charge in [-0.3, -0.25) is 4.98 Å². The summed E-state index contributed by atoms with van der Waals surface area (Å²) in [6.07, 6.45) is 1.73. The van der Waals surface area contributed by atoms with Gasteiger partial charge in [0.2, 0.25) is 0 Å². The Morgan fingerprint density at radius 2 is 1.52 bits per heavy atom. The van der Waals surface area contributed by atoms with Crippen molar-refractivity contribution in [3.05, 3.63) is 101 Å². The van der Waals surface area contributed by atoms with Gasteiger partial charge in [-0.2, -0.15) is 5.26 Å². The highest BCUT2D eigenvalue weighted by molar-refractivity contribution is 6.30. The molecule has 3 rings (SSSR count). The summed E-state index contributed by atoms with van der Waals surface area (Å²) in [6.45, 7) is 0. The molecule has 0 atom stereocenters. The van der Waals surface area contributed by atoms with E-state index in [-0.39, 0.29) is 0 Å². The predicted octanol–water partition coefficient (Wildman–Crippen LogP) is 5.22. The van der Waals surface area contributed by atoms with Crippen LogP contribution in [0.5, 0.6) is 0 Å². The topological polar surface area (TPSA) is 36.7 Å². The SMILES string of the molecule is N#C/C(=C(/c1ccccc1)c1ccccn1)c1ccc(Cl)cc1. The molecule has 0 aliphatic carbocycles. The number of hydrogen-bond acceptors (Lipinski definition) is 2. The molecule has 110 valence electrons. The van der Waals surface area contributed by atoms with Gasteiger partial charge in [0.1, 0.15) is 6.07 Å². The molecular weight excluding hydrogens is 304 g/mol. The van der Waals surface area contributed by atoms with E-state index in [9.17, 15) is 5.26 Å². The maximum absolute atomic E-state index is 9.77. The second kappa shape index (κ2) is 6.91. The highest BCUT2D eigenvalue weighted by Crippen LogP contribution is 2.31. The van der Waals surface area contributed by atoms with Crippen LogP contribution in [0.1, 0.15) is 16.8 Å². The molecule has 0 radical (unpaired) electrons. The quantitative estimate of drug-likeness (QED) is 0.491. The lowest BCUT2D eigenvalue weighted by Gasteiger charge is -2.11. The summed E-state index contributed by atoms with van der Waals surface area (Å²) in [5, 5.41) is 10.4. The van der Waals surface area contributed by atoms with Crippen LogP contribution < -0.4 is 0 Å². The highest BCUT2D eigenvalue weighted by Gasteiger charge is 2.14. The van der Waals surface area contributed by atoms with Crippen molar-refractivity contribution in [1.82, 2.24) is 4.98 Å². The number of nitrogens with zero attached hydrogens (tertiary/aromatic N) is 2. The first-order valence-corrected chi connectivity index (χ1v) is 7.54. The monoisotopic (exact) mass is 316 g/mol. The number of benzene rings is 2. The Morgan fingerprint density at radius 3 is 2.13 bits per heavy atom. The van der Waals surface area contributed by atoms with E-state index in [1.165, 1.54) is 0 Å². The van der Waals surface area contributed by atoms with Crippen molar-refractivity contribution in [2.75, 3.05) is 0 Å². The van der Waals surface area contributed by atoms with E-state index in [1.807, 2.05) is 60.7 Å². The lowest BCUT2D eigenvalue weighted by molar-refractivity contribution is 1.27. The Hall–Kier alpha value is -2.89. The minimum absolute atomic E-state index is 0.576. The molecule has 0 saturated carbocycles. The maximum atomic E-state index is 9.77. The summed E-state index contributed by atoms with van der Waals surface area (Å²) >= 11 is 5.96. The van der Waals surface area contributed by atoms with Crippen LogP contribution in [0, 0.1) is 11.3 Å². The average Bonchev–Trinajstić information content (AvgIpc) is 2.62. The van der Waals surface area contributed by atoms with Crippen molar-refractivity contribution >= 4 is 22.7 Å². The zero-order chi connectivity index (χ0) is 16.1. The lowest BCUT2D eigenvalue weighted by atomic mass is 9.93. The lowest BCUT2D eigenvalue weighted by Crippen LogP contribution is -1.96. The van der Waals surface area contributed by atoms with E-state index in [0.29, 0.717) is 10.6 Å². The molecule has 0 aliphatic rings. The Balaban J connectivity index is 2.28. The third-order valence-corrected chi connectivity index (χ3v) is 3.73. The van der Waals surface area contributed by atoms with Crippen LogP contribution in [0.3, 0.4) is 0 Å². The minimum Gasteiger partial charge on any atom is -0.256 e. The summed E-state index contributed by atoms with van der Waals surface area (Å²) in [5.74, 6) is 0. The second-order valence-corrected chi connectivity index (χ2v) is 5.39. The highest BCUT2D eigenvalue weighted by atomic mass is 35.5. The van der Waals surface area contributed by atoms with Crippen molar-refractivity contribution < 1.29 is 0 Å². The van der Waals surface area contributed by atoms with Gasteiger partial charge in [0.15, 0.2) is 0 Å². The summed E-state index contributed by atoms with van der Waals surface area (Å²) in [5.41, 5.74) is 3.94. The largest absolute Gasteiger partial charge is 0.256 e. The molecule has 0 spiro atoms. The van der Waals surface area contributed by atoms with Crippen molar-refractivity contribution in [3.8, 4) is 6.07 Å². The molecule has 2 aromatic carbocycles. The summed E-state index contributed by atoms with van der Waals surface area (Å²) in [7, 11) is 0. The zero-order valence-corrected chi connectivity index (χ0v) is 13.0. The minimum atomic E-state index is 0.576. The standard InChI is InChI=1S/C20H13ClN2/c21-17-11-9-15(10-12-17)18(14-22)20(16-6-2-1-3-7-16)19-8-4-5-13-23-19/h1-13H/b20-18+. The number of halogens is 1. The molecule has 0 N–H and O–H groups in total. The number of nitriles is 1. The van der Waals surface area contributed by atoms with Gasteiger partial charge in [-0.05, 0) is 35.4 Å². The molecule has 0 unspecified atom stereocenters. The molecule has 0 aliphatic heterocycles. The Labute approximate surface area is 140 Å². The van der Waals surface area contributed by atoms with Crippen LogP contribution >= 0.6 is 11.6 Å². The van der Waals surface area contributed by atoms with Crippen LogP contribution in [0.4, 0.5) is 0 Å². The summed E-state index contributed by atoms with van der Waals surface area (Å²) < 4.78 is 0. The number of hydrogen-bond donors (Lipinski definition) is 0. The fourth-order valence-electron chi connectivity index (χ4n) is 2.42. The molecular formula is C20H13ClN2. The molecule has 23 heavy (non-hydrogen) atoms. The van der Waals surface area contributed by atoms with Crippen molar-refractivity contribution in [2.45, 2.75) is 0 Å². The fraction of sp³-hybridized carbons (Fsp3) is 0. The van der Waals surface area contributed by atoms with Crippen molar-refractivity contribution in [2.24, 2.45) is 0 Å². The van der Waals surface area contributed by atoms with E-state index in [2.05, 4.69) is 11.1 Å². The molecule has 1 heterocycles. The Bertz CT molecular complexity index is 820. The van der Waals surface area contributed by atoms with Gasteiger partial charge in [0, 0.05) is 16.8 Å². The predicted molar refractivity (Wildman–Crippen MR) is 93.7 cm³/mol. The molecule has 0 amide bonds. The normalized spacial score (nSPS) is 11.5. The van der Waals surface area contributed by atoms with Gasteiger partial charge in [-0.15, -0.1) is 0 Å². The molecule has 1 aromatic heterocycles. The van der Waals surface area contributed by atoms with E-state index >= 15 is 0 Å². The van der Waals surface area contributed by atoms with Gasteiger partial charge in [0.25, 0.3) is 0 Å². The third kappa shape index (κ3) is 3.31. The molecule has 2 nitrogen and oxygen atoms in total. The van der Waals surface area contributed by atoms with Crippen LogP contribution in [-0.4, -0.2) is 4.98 Å². The number of rotatable bonds is 3. The molecule has 3 aromatic rings. The van der Waals surface area contributed by atoms with Crippen molar-refractivity contribution in [3.63, 3.8) is 0 Å². The van der Waals surface area contributed by atoms with Gasteiger partial charge >= 0.3 is 0 Å². The molecule has 0 bridgehead atoms. The van der Waals surface area contributed by atoms with E-state index in [1.54, 1.807) is 18.3 Å². The van der Waals surface area contributed by atoms with Crippen LogP contribution in [0.2, 0.25) is 5.02 Å². The number of pyridine rings is 1. The maximum Gasteiger partial charge on any atom is 0.100 e.